The predicted octanol–water partition coefficient (Wildman–Crippen LogP) is 3.26. The lowest BCUT2D eigenvalue weighted by Gasteiger charge is -2.08. The Balaban J connectivity index is 2.66. The van der Waals surface area contributed by atoms with E-state index in [9.17, 15) is 22.3 Å². The van der Waals surface area contributed by atoms with Crippen molar-refractivity contribution in [3.8, 4) is 16.9 Å². The predicted molar refractivity (Wildman–Crippen MR) is 66.5 cm³/mol. The molecule has 0 amide bonds. The summed E-state index contributed by atoms with van der Waals surface area (Å²) in [6.07, 6.45) is 0. The molecule has 0 atom stereocenters. The molecule has 0 saturated carbocycles. The number of hydrogen-bond donors (Lipinski definition) is 1. The molecule has 0 saturated heterocycles. The molecule has 0 aromatic heterocycles. The van der Waals surface area contributed by atoms with Crippen molar-refractivity contribution in [2.24, 2.45) is 0 Å². The lowest BCUT2D eigenvalue weighted by Crippen LogP contribution is -1.95. The van der Waals surface area contributed by atoms with E-state index in [2.05, 4.69) is 0 Å². The first-order valence-electron chi connectivity index (χ1n) is 5.03. The third-order valence-corrected chi connectivity index (χ3v) is 3.83. The van der Waals surface area contributed by atoms with Gasteiger partial charge < -0.3 is 5.11 Å². The van der Waals surface area contributed by atoms with Gasteiger partial charge in [-0.1, -0.05) is 6.07 Å². The third kappa shape index (κ3) is 2.69. The number of phenolic OH excluding ortho intramolecular Hbond substituents is 1. The minimum Gasteiger partial charge on any atom is -0.507 e. The molecule has 0 fully saturated rings. The first-order chi connectivity index (χ1) is 8.80. The average molecular weight is 305 g/mol. The number of benzene rings is 2. The van der Waals surface area contributed by atoms with Crippen LogP contribution in [0.5, 0.6) is 5.75 Å². The normalized spacial score (nSPS) is 11.5. The Bertz CT molecular complexity index is 724. The summed E-state index contributed by atoms with van der Waals surface area (Å²) in [7, 11) is 1.00. The molecular formula is C12H7ClF2O3S. The van der Waals surface area contributed by atoms with Gasteiger partial charge in [-0.25, -0.2) is 17.2 Å². The topological polar surface area (TPSA) is 54.4 Å². The molecule has 0 heterocycles. The van der Waals surface area contributed by atoms with Crippen LogP contribution in [-0.4, -0.2) is 13.5 Å². The number of phenols is 1. The molecule has 0 unspecified atom stereocenters. The molecule has 3 nitrogen and oxygen atoms in total. The summed E-state index contributed by atoms with van der Waals surface area (Å²) < 4.78 is 49.5. The SMILES string of the molecule is O=S(=O)(Cl)c1ccc(-c2c(O)cccc2F)c(F)c1. The van der Waals surface area contributed by atoms with Crippen molar-refractivity contribution in [2.45, 2.75) is 4.90 Å². The number of hydrogen-bond acceptors (Lipinski definition) is 3. The highest BCUT2D eigenvalue weighted by Crippen LogP contribution is 2.34. The fraction of sp³-hybridized carbons (Fsp3) is 0. The maximum Gasteiger partial charge on any atom is 0.261 e. The Morgan fingerprint density at radius 1 is 1.05 bits per heavy atom. The zero-order valence-electron chi connectivity index (χ0n) is 9.27. The van der Waals surface area contributed by atoms with Gasteiger partial charge in [-0.3, -0.25) is 0 Å². The van der Waals surface area contributed by atoms with Crippen molar-refractivity contribution in [3.05, 3.63) is 48.0 Å². The molecule has 19 heavy (non-hydrogen) atoms. The Morgan fingerprint density at radius 3 is 2.26 bits per heavy atom. The largest absolute Gasteiger partial charge is 0.507 e. The molecule has 0 radical (unpaired) electrons. The molecule has 2 rings (SSSR count). The summed E-state index contributed by atoms with van der Waals surface area (Å²) in [6, 6.07) is 6.27. The molecule has 0 aliphatic rings. The van der Waals surface area contributed by atoms with E-state index in [1.807, 2.05) is 0 Å². The van der Waals surface area contributed by atoms with Crippen LogP contribution >= 0.6 is 10.7 Å². The summed E-state index contributed by atoms with van der Waals surface area (Å²) in [5.41, 5.74) is -0.585. The molecule has 100 valence electrons. The van der Waals surface area contributed by atoms with Crippen LogP contribution in [0.15, 0.2) is 41.3 Å². The second-order valence-corrected chi connectivity index (χ2v) is 6.28. The van der Waals surface area contributed by atoms with Crippen LogP contribution in [0.2, 0.25) is 0 Å². The van der Waals surface area contributed by atoms with Gasteiger partial charge in [0.1, 0.15) is 17.4 Å². The lowest BCUT2D eigenvalue weighted by molar-refractivity contribution is 0.471. The molecule has 0 spiro atoms. The van der Waals surface area contributed by atoms with E-state index in [4.69, 9.17) is 10.7 Å². The highest BCUT2D eigenvalue weighted by molar-refractivity contribution is 8.13. The minimum atomic E-state index is -4.07. The van der Waals surface area contributed by atoms with Crippen LogP contribution in [0.3, 0.4) is 0 Å². The molecule has 7 heteroatoms. The summed E-state index contributed by atoms with van der Waals surface area (Å²) in [5.74, 6) is -2.26. The zero-order valence-corrected chi connectivity index (χ0v) is 10.8. The van der Waals surface area contributed by atoms with Crippen LogP contribution in [0.25, 0.3) is 11.1 Å². The van der Waals surface area contributed by atoms with Crippen LogP contribution in [0.1, 0.15) is 0 Å². The summed E-state index contributed by atoms with van der Waals surface area (Å²) in [4.78, 5) is -0.439. The second-order valence-electron chi connectivity index (χ2n) is 3.71. The van der Waals surface area contributed by atoms with Gasteiger partial charge in [0.25, 0.3) is 9.05 Å². The van der Waals surface area contributed by atoms with Crippen molar-refractivity contribution in [3.63, 3.8) is 0 Å². The van der Waals surface area contributed by atoms with Crippen LogP contribution in [0.4, 0.5) is 8.78 Å². The average Bonchev–Trinajstić information content (AvgIpc) is 2.29. The zero-order chi connectivity index (χ0) is 14.2. The molecule has 0 aliphatic carbocycles. The van der Waals surface area contributed by atoms with Crippen LogP contribution in [-0.2, 0) is 9.05 Å². The maximum atomic E-state index is 13.8. The Morgan fingerprint density at radius 2 is 1.74 bits per heavy atom. The summed E-state index contributed by atoms with van der Waals surface area (Å²) in [6.45, 7) is 0. The van der Waals surface area contributed by atoms with E-state index in [1.165, 1.54) is 12.1 Å². The van der Waals surface area contributed by atoms with E-state index in [1.54, 1.807) is 0 Å². The highest BCUT2D eigenvalue weighted by Gasteiger charge is 2.18. The Labute approximate surface area is 112 Å². The van der Waals surface area contributed by atoms with Crippen molar-refractivity contribution >= 4 is 19.7 Å². The lowest BCUT2D eigenvalue weighted by atomic mass is 10.0. The number of aromatic hydroxyl groups is 1. The van der Waals surface area contributed by atoms with Crippen molar-refractivity contribution in [2.75, 3.05) is 0 Å². The van der Waals surface area contributed by atoms with E-state index in [0.717, 1.165) is 18.2 Å². The van der Waals surface area contributed by atoms with Gasteiger partial charge in [-0.05, 0) is 30.3 Å². The first kappa shape index (κ1) is 13.8. The van der Waals surface area contributed by atoms with Crippen molar-refractivity contribution in [1.82, 2.24) is 0 Å². The van der Waals surface area contributed by atoms with Gasteiger partial charge in [0.15, 0.2) is 0 Å². The van der Waals surface area contributed by atoms with Gasteiger partial charge in [0.05, 0.1) is 10.5 Å². The molecule has 2 aromatic rings. The smallest absolute Gasteiger partial charge is 0.261 e. The van der Waals surface area contributed by atoms with Crippen LogP contribution in [0, 0.1) is 11.6 Å². The molecular weight excluding hydrogens is 298 g/mol. The van der Waals surface area contributed by atoms with Gasteiger partial charge in [0, 0.05) is 16.2 Å². The minimum absolute atomic E-state index is 0.250. The first-order valence-corrected chi connectivity index (χ1v) is 7.33. The summed E-state index contributed by atoms with van der Waals surface area (Å²) in [5, 5.41) is 9.55. The maximum absolute atomic E-state index is 13.8. The highest BCUT2D eigenvalue weighted by atomic mass is 35.7. The number of rotatable bonds is 2. The van der Waals surface area contributed by atoms with Gasteiger partial charge in [-0.2, -0.15) is 0 Å². The van der Waals surface area contributed by atoms with E-state index >= 15 is 0 Å². The fourth-order valence-corrected chi connectivity index (χ4v) is 2.39. The Kier molecular flexibility index (Phi) is 3.47. The summed E-state index contributed by atoms with van der Waals surface area (Å²) >= 11 is 0. The molecule has 0 aliphatic heterocycles. The van der Waals surface area contributed by atoms with Gasteiger partial charge in [-0.15, -0.1) is 0 Å². The number of halogens is 3. The van der Waals surface area contributed by atoms with Gasteiger partial charge in [0.2, 0.25) is 0 Å². The standard InChI is InChI=1S/C12H7ClF2O3S/c13-19(17,18)7-4-5-8(10(15)6-7)12-9(14)2-1-3-11(12)16/h1-6,16H. The quantitative estimate of drug-likeness (QED) is 0.866. The second kappa shape index (κ2) is 4.79. The monoisotopic (exact) mass is 304 g/mol. The van der Waals surface area contributed by atoms with Crippen molar-refractivity contribution < 1.29 is 22.3 Å². The van der Waals surface area contributed by atoms with E-state index in [0.29, 0.717) is 6.07 Å². The molecule has 2 aromatic carbocycles. The van der Waals surface area contributed by atoms with Crippen molar-refractivity contribution in [1.29, 1.82) is 0 Å². The molecule has 0 bridgehead atoms. The van der Waals surface area contributed by atoms with Crippen LogP contribution < -0.4 is 0 Å². The Hall–Kier alpha value is -1.66. The fourth-order valence-electron chi connectivity index (χ4n) is 1.63. The van der Waals surface area contributed by atoms with E-state index in [-0.39, 0.29) is 11.1 Å². The molecule has 1 N–H and O–H groups in total. The van der Waals surface area contributed by atoms with E-state index < -0.39 is 31.3 Å². The third-order valence-electron chi connectivity index (χ3n) is 2.48. The van der Waals surface area contributed by atoms with Gasteiger partial charge >= 0.3 is 0 Å².